The lowest BCUT2D eigenvalue weighted by molar-refractivity contribution is -0.112. The van der Waals surface area contributed by atoms with Gasteiger partial charge in [0.15, 0.2) is 11.5 Å². The van der Waals surface area contributed by atoms with E-state index >= 15 is 0 Å². The fourth-order valence-electron chi connectivity index (χ4n) is 2.35. The van der Waals surface area contributed by atoms with Crippen LogP contribution >= 0.6 is 0 Å². The molecule has 0 aliphatic heterocycles. The first kappa shape index (κ1) is 18.1. The largest absolute Gasteiger partial charge is 0.493 e. The number of amides is 1. The van der Waals surface area contributed by atoms with E-state index < -0.39 is 5.91 Å². The monoisotopic (exact) mass is 336 g/mol. The van der Waals surface area contributed by atoms with Crippen LogP contribution in [0.2, 0.25) is 0 Å². The Morgan fingerprint density at radius 1 is 1.16 bits per heavy atom. The summed E-state index contributed by atoms with van der Waals surface area (Å²) in [6.07, 6.45) is 2.41. The first-order valence-corrected chi connectivity index (χ1v) is 7.86. The van der Waals surface area contributed by atoms with E-state index in [1.807, 2.05) is 30.3 Å². The lowest BCUT2D eigenvalue weighted by atomic mass is 10.1. The molecule has 0 radical (unpaired) electrons. The van der Waals surface area contributed by atoms with Crippen molar-refractivity contribution in [3.8, 4) is 17.6 Å². The normalized spacial score (nSPS) is 10.7. The quantitative estimate of drug-likeness (QED) is 0.643. The molecule has 0 aliphatic rings. The van der Waals surface area contributed by atoms with Crippen molar-refractivity contribution in [2.45, 2.75) is 13.3 Å². The van der Waals surface area contributed by atoms with Crippen LogP contribution in [-0.4, -0.2) is 20.1 Å². The molecule has 0 atom stereocenters. The molecule has 1 amide bonds. The summed E-state index contributed by atoms with van der Waals surface area (Å²) in [7, 11) is 3.04. The Morgan fingerprint density at radius 3 is 2.44 bits per heavy atom. The molecule has 0 bridgehead atoms. The Labute approximate surface area is 147 Å². The number of para-hydroxylation sites is 1. The average molecular weight is 336 g/mol. The number of hydrogen-bond acceptors (Lipinski definition) is 4. The van der Waals surface area contributed by atoms with E-state index in [1.165, 1.54) is 25.9 Å². The van der Waals surface area contributed by atoms with Crippen LogP contribution in [0, 0.1) is 11.3 Å². The van der Waals surface area contributed by atoms with E-state index in [1.54, 1.807) is 18.2 Å². The molecule has 0 saturated carbocycles. The van der Waals surface area contributed by atoms with Crippen LogP contribution in [0.15, 0.2) is 48.0 Å². The van der Waals surface area contributed by atoms with Gasteiger partial charge in [-0.05, 0) is 36.3 Å². The van der Waals surface area contributed by atoms with Gasteiger partial charge in [-0.25, -0.2) is 0 Å². The van der Waals surface area contributed by atoms with Crippen LogP contribution < -0.4 is 14.8 Å². The Morgan fingerprint density at radius 2 is 1.88 bits per heavy atom. The molecule has 0 aromatic heterocycles. The van der Waals surface area contributed by atoms with E-state index in [0.29, 0.717) is 22.7 Å². The van der Waals surface area contributed by atoms with Gasteiger partial charge in [0, 0.05) is 11.3 Å². The number of carbonyl (C=O) groups excluding carboxylic acids is 1. The highest BCUT2D eigenvalue weighted by Gasteiger charge is 2.13. The topological polar surface area (TPSA) is 71.4 Å². The van der Waals surface area contributed by atoms with Crippen molar-refractivity contribution in [2.24, 2.45) is 0 Å². The number of anilines is 1. The van der Waals surface area contributed by atoms with Crippen LogP contribution in [0.25, 0.3) is 6.08 Å². The van der Waals surface area contributed by atoms with E-state index in [9.17, 15) is 10.1 Å². The third kappa shape index (κ3) is 4.39. The molecule has 1 N–H and O–H groups in total. The first-order valence-electron chi connectivity index (χ1n) is 7.86. The van der Waals surface area contributed by atoms with Gasteiger partial charge in [-0.15, -0.1) is 0 Å². The molecule has 2 aromatic carbocycles. The molecule has 128 valence electrons. The highest BCUT2D eigenvalue weighted by molar-refractivity contribution is 6.09. The molecule has 2 rings (SSSR count). The van der Waals surface area contributed by atoms with Crippen molar-refractivity contribution in [2.75, 3.05) is 19.5 Å². The summed E-state index contributed by atoms with van der Waals surface area (Å²) in [4.78, 5) is 12.4. The van der Waals surface area contributed by atoms with Gasteiger partial charge in [0.05, 0.1) is 14.2 Å². The van der Waals surface area contributed by atoms with Crippen molar-refractivity contribution in [3.05, 3.63) is 59.2 Å². The molecule has 5 heteroatoms. The van der Waals surface area contributed by atoms with Crippen molar-refractivity contribution in [3.63, 3.8) is 0 Å². The van der Waals surface area contributed by atoms with Gasteiger partial charge in [-0.2, -0.15) is 5.26 Å². The van der Waals surface area contributed by atoms with E-state index in [4.69, 9.17) is 9.47 Å². The standard InChI is InChI=1S/C20H20N2O3/c1-4-14-8-10-17(11-9-14)22-20(23)16(13-21)12-15-6-5-7-18(24-2)19(15)25-3/h5-12H,4H2,1-3H3,(H,22,23)/b16-12+. The first-order chi connectivity index (χ1) is 12.1. The predicted octanol–water partition coefficient (Wildman–Crippen LogP) is 3.81. The minimum Gasteiger partial charge on any atom is -0.493 e. The number of nitrogens with one attached hydrogen (secondary N) is 1. The van der Waals surface area contributed by atoms with Gasteiger partial charge in [-0.1, -0.05) is 31.2 Å². The molecule has 0 spiro atoms. The Kier molecular flexibility index (Phi) is 6.19. The second-order valence-electron chi connectivity index (χ2n) is 5.26. The molecule has 2 aromatic rings. The van der Waals surface area contributed by atoms with Crippen LogP contribution in [0.3, 0.4) is 0 Å². The maximum atomic E-state index is 12.4. The third-order valence-electron chi connectivity index (χ3n) is 3.72. The van der Waals surface area contributed by atoms with Crippen molar-refractivity contribution >= 4 is 17.7 Å². The Hall–Kier alpha value is -3.26. The van der Waals surface area contributed by atoms with Crippen molar-refractivity contribution in [1.29, 1.82) is 5.26 Å². The number of nitrogens with zero attached hydrogens (tertiary/aromatic N) is 1. The summed E-state index contributed by atoms with van der Waals surface area (Å²) in [6, 6.07) is 14.7. The minimum absolute atomic E-state index is 0.0221. The number of ether oxygens (including phenoxy) is 2. The summed E-state index contributed by atoms with van der Waals surface area (Å²) in [6.45, 7) is 2.06. The highest BCUT2D eigenvalue weighted by atomic mass is 16.5. The van der Waals surface area contributed by atoms with Crippen LogP contribution in [0.4, 0.5) is 5.69 Å². The van der Waals surface area contributed by atoms with Gasteiger partial charge >= 0.3 is 0 Å². The number of hydrogen-bond donors (Lipinski definition) is 1. The van der Waals surface area contributed by atoms with E-state index in [2.05, 4.69) is 12.2 Å². The van der Waals surface area contributed by atoms with E-state index in [0.717, 1.165) is 6.42 Å². The molecule has 0 aliphatic carbocycles. The maximum absolute atomic E-state index is 12.4. The van der Waals surface area contributed by atoms with Crippen molar-refractivity contribution in [1.82, 2.24) is 0 Å². The number of carbonyl (C=O) groups is 1. The zero-order valence-electron chi connectivity index (χ0n) is 14.5. The van der Waals surface area contributed by atoms with Gasteiger partial charge in [0.2, 0.25) is 0 Å². The average Bonchev–Trinajstić information content (AvgIpc) is 2.66. The molecule has 0 heterocycles. The van der Waals surface area contributed by atoms with Gasteiger partial charge < -0.3 is 14.8 Å². The molecule has 0 unspecified atom stereocenters. The smallest absolute Gasteiger partial charge is 0.266 e. The molecule has 5 nitrogen and oxygen atoms in total. The number of aryl methyl sites for hydroxylation is 1. The Balaban J connectivity index is 2.28. The van der Waals surface area contributed by atoms with Crippen molar-refractivity contribution < 1.29 is 14.3 Å². The fourth-order valence-corrected chi connectivity index (χ4v) is 2.35. The van der Waals surface area contributed by atoms with Crippen LogP contribution in [0.1, 0.15) is 18.1 Å². The zero-order chi connectivity index (χ0) is 18.2. The lowest BCUT2D eigenvalue weighted by Crippen LogP contribution is -2.13. The molecular formula is C20H20N2O3. The number of benzene rings is 2. The minimum atomic E-state index is -0.475. The maximum Gasteiger partial charge on any atom is 0.266 e. The second kappa shape index (κ2) is 8.55. The number of methoxy groups -OCH3 is 2. The molecule has 0 saturated heterocycles. The Bertz CT molecular complexity index is 818. The summed E-state index contributed by atoms with van der Waals surface area (Å²) < 4.78 is 10.6. The van der Waals surface area contributed by atoms with E-state index in [-0.39, 0.29) is 5.57 Å². The highest BCUT2D eigenvalue weighted by Crippen LogP contribution is 2.32. The molecule has 25 heavy (non-hydrogen) atoms. The van der Waals surface area contributed by atoms with Gasteiger partial charge in [-0.3, -0.25) is 4.79 Å². The van der Waals surface area contributed by atoms with Crippen LogP contribution in [-0.2, 0) is 11.2 Å². The lowest BCUT2D eigenvalue weighted by Gasteiger charge is -2.10. The summed E-state index contributed by atoms with van der Waals surface area (Å²) >= 11 is 0. The molecule has 0 fully saturated rings. The molecular weight excluding hydrogens is 316 g/mol. The SMILES string of the molecule is CCc1ccc(NC(=O)/C(C#N)=C/c2cccc(OC)c2OC)cc1. The fraction of sp³-hybridized carbons (Fsp3) is 0.200. The second-order valence-corrected chi connectivity index (χ2v) is 5.26. The number of nitriles is 1. The van der Waals surface area contributed by atoms with Gasteiger partial charge in [0.25, 0.3) is 5.91 Å². The predicted molar refractivity (Wildman–Crippen MR) is 97.6 cm³/mol. The number of rotatable bonds is 6. The third-order valence-corrected chi connectivity index (χ3v) is 3.72. The summed E-state index contributed by atoms with van der Waals surface area (Å²) in [5.41, 5.74) is 2.39. The van der Waals surface area contributed by atoms with Crippen LogP contribution in [0.5, 0.6) is 11.5 Å². The summed E-state index contributed by atoms with van der Waals surface area (Å²) in [5, 5.41) is 12.1. The summed E-state index contributed by atoms with van der Waals surface area (Å²) in [5.74, 6) is 0.526. The zero-order valence-corrected chi connectivity index (χ0v) is 14.5. The van der Waals surface area contributed by atoms with Gasteiger partial charge in [0.1, 0.15) is 11.6 Å².